The molecule has 1 aliphatic rings. The van der Waals surface area contributed by atoms with E-state index in [4.69, 9.17) is 0 Å². The predicted octanol–water partition coefficient (Wildman–Crippen LogP) is 6.91. The lowest BCUT2D eigenvalue weighted by molar-refractivity contribution is -0.136. The van der Waals surface area contributed by atoms with Crippen molar-refractivity contribution < 1.29 is 13.2 Å². The van der Waals surface area contributed by atoms with E-state index >= 15 is 0 Å². The van der Waals surface area contributed by atoms with E-state index in [1.165, 1.54) is 0 Å². The van der Waals surface area contributed by atoms with E-state index in [-0.39, 0.29) is 28.5 Å². The lowest BCUT2D eigenvalue weighted by Gasteiger charge is -2.25. The normalized spacial score (nSPS) is 15.5. The Hall–Kier alpha value is -2.61. The Morgan fingerprint density at radius 2 is 2.03 bits per heavy atom. The summed E-state index contributed by atoms with van der Waals surface area (Å²) in [6.07, 6.45) is -0.0219. The van der Waals surface area contributed by atoms with Gasteiger partial charge in [-0.3, -0.25) is 4.79 Å². The molecule has 34 heavy (non-hydrogen) atoms. The highest BCUT2D eigenvalue weighted by Crippen LogP contribution is 2.44. The third-order valence-corrected chi connectivity index (χ3v) is 7.06. The van der Waals surface area contributed by atoms with Gasteiger partial charge in [0.15, 0.2) is 5.43 Å². The molecule has 1 N–H and O–H groups in total. The molecule has 3 aromatic rings. The Morgan fingerprint density at radius 3 is 2.65 bits per heavy atom. The predicted molar refractivity (Wildman–Crippen MR) is 135 cm³/mol. The highest BCUT2D eigenvalue weighted by molar-refractivity contribution is 9.09. The number of pyridine rings is 2. The number of anilines is 1. The van der Waals surface area contributed by atoms with Gasteiger partial charge in [-0.15, -0.1) is 6.58 Å². The molecule has 2 aromatic heterocycles. The first-order chi connectivity index (χ1) is 16.3. The Labute approximate surface area is 205 Å². The summed E-state index contributed by atoms with van der Waals surface area (Å²) < 4.78 is 45.8. The maximum Gasteiger partial charge on any atom is 0.421 e. The van der Waals surface area contributed by atoms with Crippen molar-refractivity contribution in [2.24, 2.45) is 0 Å². The molecule has 1 aliphatic heterocycles. The maximum atomic E-state index is 14.7. The average Bonchev–Trinajstić information content (AvgIpc) is 3.25. The molecule has 0 saturated heterocycles. The Morgan fingerprint density at radius 1 is 1.29 bits per heavy atom. The number of unbranched alkanes of at least 4 members (excludes halogenated alkanes) is 1. The minimum Gasteiger partial charge on any atom is -0.369 e. The van der Waals surface area contributed by atoms with Gasteiger partial charge in [0.2, 0.25) is 0 Å². The first-order valence-corrected chi connectivity index (χ1v) is 12.6. The number of hydrogen-bond donors (Lipinski definition) is 1. The summed E-state index contributed by atoms with van der Waals surface area (Å²) in [5.74, 6) is -0.224. The van der Waals surface area contributed by atoms with E-state index in [1.807, 2.05) is 13.0 Å². The monoisotopic (exact) mass is 533 g/mol. The molecule has 1 atom stereocenters. The van der Waals surface area contributed by atoms with Crippen molar-refractivity contribution in [2.75, 3.05) is 17.2 Å². The van der Waals surface area contributed by atoms with Crippen LogP contribution in [0.1, 0.15) is 49.0 Å². The van der Waals surface area contributed by atoms with Gasteiger partial charge in [-0.05, 0) is 25.7 Å². The third-order valence-electron chi connectivity index (χ3n) is 6.31. The maximum absolute atomic E-state index is 14.7. The first kappa shape index (κ1) is 24.5. The topological polar surface area (TPSA) is 46.9 Å². The summed E-state index contributed by atoms with van der Waals surface area (Å²) in [7, 11) is 0. The van der Waals surface area contributed by atoms with Crippen LogP contribution in [-0.4, -0.2) is 21.4 Å². The molecule has 0 aliphatic carbocycles. The number of rotatable bonds is 8. The number of aromatic nitrogens is 2. The summed E-state index contributed by atoms with van der Waals surface area (Å²) in [6.45, 7) is 6.11. The van der Waals surface area contributed by atoms with Crippen LogP contribution in [0.4, 0.5) is 19.0 Å². The summed E-state index contributed by atoms with van der Waals surface area (Å²) >= 11 is 3.49. The molecule has 1 aromatic carbocycles. The number of nitrogens with zero attached hydrogens (tertiary/aromatic N) is 2. The van der Waals surface area contributed by atoms with Gasteiger partial charge in [-0.2, -0.15) is 13.2 Å². The molecule has 1 unspecified atom stereocenters. The van der Waals surface area contributed by atoms with Crippen molar-refractivity contribution in [3.63, 3.8) is 0 Å². The lowest BCUT2D eigenvalue weighted by Crippen LogP contribution is -2.25. The summed E-state index contributed by atoms with van der Waals surface area (Å²) in [5.41, 5.74) is 0.712. The van der Waals surface area contributed by atoms with Gasteiger partial charge in [-0.1, -0.05) is 65.7 Å². The van der Waals surface area contributed by atoms with E-state index in [1.54, 1.807) is 34.9 Å². The molecular formula is C26H27BrF3N3O. The van der Waals surface area contributed by atoms with Crippen LogP contribution >= 0.6 is 15.9 Å². The van der Waals surface area contributed by atoms with Crippen molar-refractivity contribution in [3.05, 3.63) is 70.0 Å². The lowest BCUT2D eigenvalue weighted by atomic mass is 9.98. The van der Waals surface area contributed by atoms with E-state index in [0.717, 1.165) is 6.42 Å². The van der Waals surface area contributed by atoms with Gasteiger partial charge < -0.3 is 9.88 Å². The zero-order valence-corrected chi connectivity index (χ0v) is 20.6. The van der Waals surface area contributed by atoms with Crippen LogP contribution in [0.2, 0.25) is 0 Å². The van der Waals surface area contributed by atoms with E-state index < -0.39 is 17.2 Å². The molecule has 4 nitrogen and oxygen atoms in total. The fraction of sp³-hybridized carbons (Fsp3) is 0.385. The summed E-state index contributed by atoms with van der Waals surface area (Å²) in [6, 6.07) is 8.76. The van der Waals surface area contributed by atoms with Crippen LogP contribution in [-0.2, 0) is 19.0 Å². The fourth-order valence-electron chi connectivity index (χ4n) is 4.78. The van der Waals surface area contributed by atoms with E-state index in [9.17, 15) is 18.0 Å². The number of allylic oxidation sites excluding steroid dienone is 1. The van der Waals surface area contributed by atoms with Gasteiger partial charge >= 0.3 is 6.18 Å². The van der Waals surface area contributed by atoms with Crippen LogP contribution in [0.15, 0.2) is 47.8 Å². The number of benzene rings is 1. The van der Waals surface area contributed by atoms with Crippen molar-refractivity contribution in [1.29, 1.82) is 0 Å². The van der Waals surface area contributed by atoms with E-state index in [2.05, 4.69) is 32.8 Å². The SMILES string of the molecule is C=CCc1c2n(c3c(C(F)(F)F)c(NCCCC)nc(-c4ccccc4)c3c1=O)C(CBr)CC2. The quantitative estimate of drug-likeness (QED) is 0.194. The van der Waals surface area contributed by atoms with Gasteiger partial charge in [0.25, 0.3) is 0 Å². The van der Waals surface area contributed by atoms with Crippen LogP contribution in [0.5, 0.6) is 0 Å². The molecule has 0 saturated carbocycles. The Kier molecular flexibility index (Phi) is 7.17. The van der Waals surface area contributed by atoms with Crippen molar-refractivity contribution in [3.8, 4) is 11.3 Å². The average molecular weight is 534 g/mol. The summed E-state index contributed by atoms with van der Waals surface area (Å²) in [4.78, 5) is 18.3. The Bertz CT molecular complexity index is 1270. The van der Waals surface area contributed by atoms with Gasteiger partial charge in [-0.25, -0.2) is 4.98 Å². The number of nitrogens with one attached hydrogen (secondary N) is 1. The Balaban J connectivity index is 2.23. The van der Waals surface area contributed by atoms with Crippen molar-refractivity contribution in [1.82, 2.24) is 9.55 Å². The van der Waals surface area contributed by atoms with Crippen LogP contribution < -0.4 is 10.7 Å². The number of halogens is 4. The fourth-order valence-corrected chi connectivity index (χ4v) is 5.40. The van der Waals surface area contributed by atoms with Crippen molar-refractivity contribution in [2.45, 2.75) is 51.2 Å². The molecule has 3 heterocycles. The van der Waals surface area contributed by atoms with Gasteiger partial charge in [0.1, 0.15) is 11.4 Å². The molecule has 0 radical (unpaired) electrons. The molecule has 4 rings (SSSR count). The standard InChI is InChI=1S/C26H27BrF3N3O/c1-3-5-14-31-25-21(26(28,29)30)23-20(22(32-25)16-10-7-6-8-11-16)24(34)18(9-4-2)19-13-12-17(15-27)33(19)23/h4,6-8,10-11,17H,2-3,5,9,12-15H2,1H3,(H,31,32). The zero-order chi connectivity index (χ0) is 24.5. The van der Waals surface area contributed by atoms with Crippen LogP contribution in [0, 0.1) is 0 Å². The molecular weight excluding hydrogens is 507 g/mol. The van der Waals surface area contributed by atoms with Crippen LogP contribution in [0.3, 0.4) is 0 Å². The van der Waals surface area contributed by atoms with Crippen LogP contribution in [0.25, 0.3) is 22.2 Å². The van der Waals surface area contributed by atoms with Gasteiger partial charge in [0, 0.05) is 34.7 Å². The zero-order valence-electron chi connectivity index (χ0n) is 19.0. The molecule has 0 spiro atoms. The van der Waals surface area contributed by atoms with Crippen molar-refractivity contribution >= 4 is 32.7 Å². The molecule has 0 fully saturated rings. The van der Waals surface area contributed by atoms with Gasteiger partial charge in [0.05, 0.1) is 16.6 Å². The molecule has 0 bridgehead atoms. The number of alkyl halides is 4. The molecule has 180 valence electrons. The second-order valence-electron chi connectivity index (χ2n) is 8.52. The molecule has 8 heteroatoms. The largest absolute Gasteiger partial charge is 0.421 e. The second kappa shape index (κ2) is 9.94. The van der Waals surface area contributed by atoms with E-state index in [0.29, 0.717) is 54.4 Å². The molecule has 0 amide bonds. The smallest absolute Gasteiger partial charge is 0.369 e. The number of hydrogen-bond acceptors (Lipinski definition) is 3. The summed E-state index contributed by atoms with van der Waals surface area (Å²) in [5, 5.41) is 3.44. The highest BCUT2D eigenvalue weighted by atomic mass is 79.9. The minimum atomic E-state index is -4.69. The number of fused-ring (bicyclic) bond motifs is 3. The minimum absolute atomic E-state index is 0.0213. The first-order valence-electron chi connectivity index (χ1n) is 11.5. The third kappa shape index (κ3) is 4.28. The highest BCUT2D eigenvalue weighted by Gasteiger charge is 2.41. The second-order valence-corrected chi connectivity index (χ2v) is 9.16.